The molecule has 1 N–H and O–H groups in total. The number of aromatic nitrogens is 1. The van der Waals surface area contributed by atoms with E-state index in [-0.39, 0.29) is 10.5 Å². The number of nitrogens with zero attached hydrogens (tertiary/aromatic N) is 1. The zero-order valence-corrected chi connectivity index (χ0v) is 14.3. The highest BCUT2D eigenvalue weighted by molar-refractivity contribution is 7.92. The number of aryl methyl sites for hydroxylation is 1. The van der Waals surface area contributed by atoms with Crippen molar-refractivity contribution in [3.8, 4) is 0 Å². The van der Waals surface area contributed by atoms with Crippen molar-refractivity contribution < 1.29 is 8.42 Å². The predicted octanol–water partition coefficient (Wildman–Crippen LogP) is 3.05. The van der Waals surface area contributed by atoms with Crippen LogP contribution in [0.5, 0.6) is 0 Å². The number of hydrogen-bond donors (Lipinski definition) is 1. The van der Waals surface area contributed by atoms with Gasteiger partial charge in [0.15, 0.2) is 0 Å². The second kappa shape index (κ2) is 6.13. The molecule has 3 rings (SSSR count). The molecule has 0 aliphatic carbocycles. The zero-order valence-electron chi connectivity index (χ0n) is 13.5. The summed E-state index contributed by atoms with van der Waals surface area (Å²) in [5.74, 6) is 0. The highest BCUT2D eigenvalue weighted by Crippen LogP contribution is 2.25. The Bertz CT molecular complexity index is 1060. The summed E-state index contributed by atoms with van der Waals surface area (Å²) in [6.45, 7) is 4.06. The SMILES string of the molecule is CCN(c1cccc(C)c1)S(=O)(=O)c1ccc2[nH]c(=O)ccc2c1. The van der Waals surface area contributed by atoms with Crippen molar-refractivity contribution in [1.29, 1.82) is 0 Å². The van der Waals surface area contributed by atoms with Crippen LogP contribution in [-0.4, -0.2) is 19.9 Å². The van der Waals surface area contributed by atoms with Gasteiger partial charge < -0.3 is 4.98 Å². The Morgan fingerprint density at radius 1 is 1.04 bits per heavy atom. The third-order valence-electron chi connectivity index (χ3n) is 3.86. The lowest BCUT2D eigenvalue weighted by atomic mass is 10.2. The zero-order chi connectivity index (χ0) is 17.3. The van der Waals surface area contributed by atoms with Crippen LogP contribution in [0.1, 0.15) is 12.5 Å². The van der Waals surface area contributed by atoms with Crippen molar-refractivity contribution in [3.05, 3.63) is 70.5 Å². The molecule has 1 heterocycles. The number of rotatable bonds is 4. The molecule has 0 bridgehead atoms. The van der Waals surface area contributed by atoms with Gasteiger partial charge in [-0.1, -0.05) is 12.1 Å². The van der Waals surface area contributed by atoms with E-state index in [2.05, 4.69) is 4.98 Å². The normalized spacial score (nSPS) is 11.6. The van der Waals surface area contributed by atoms with Gasteiger partial charge in [0.1, 0.15) is 0 Å². The molecular formula is C18H18N2O3S. The van der Waals surface area contributed by atoms with E-state index < -0.39 is 10.0 Å². The minimum absolute atomic E-state index is 0.199. The molecular weight excluding hydrogens is 324 g/mol. The topological polar surface area (TPSA) is 70.2 Å². The lowest BCUT2D eigenvalue weighted by molar-refractivity contribution is 0.592. The van der Waals surface area contributed by atoms with Crippen molar-refractivity contribution in [2.45, 2.75) is 18.7 Å². The van der Waals surface area contributed by atoms with Crippen LogP contribution in [0.4, 0.5) is 5.69 Å². The van der Waals surface area contributed by atoms with Crippen molar-refractivity contribution in [3.63, 3.8) is 0 Å². The Morgan fingerprint density at radius 2 is 1.83 bits per heavy atom. The third-order valence-corrected chi connectivity index (χ3v) is 5.76. The molecule has 5 nitrogen and oxygen atoms in total. The summed E-state index contributed by atoms with van der Waals surface area (Å²) < 4.78 is 27.5. The number of H-pyrrole nitrogens is 1. The summed E-state index contributed by atoms with van der Waals surface area (Å²) >= 11 is 0. The first-order chi connectivity index (χ1) is 11.4. The van der Waals surface area contributed by atoms with Crippen LogP contribution >= 0.6 is 0 Å². The van der Waals surface area contributed by atoms with Gasteiger partial charge in [-0.2, -0.15) is 0 Å². The molecule has 24 heavy (non-hydrogen) atoms. The fourth-order valence-electron chi connectivity index (χ4n) is 2.69. The van der Waals surface area contributed by atoms with E-state index in [1.54, 1.807) is 31.2 Å². The van der Waals surface area contributed by atoms with Gasteiger partial charge in [0.2, 0.25) is 5.56 Å². The lowest BCUT2D eigenvalue weighted by Crippen LogP contribution is -2.30. The number of anilines is 1. The molecule has 0 saturated heterocycles. The van der Waals surface area contributed by atoms with E-state index in [1.165, 1.54) is 16.4 Å². The molecule has 124 valence electrons. The van der Waals surface area contributed by atoms with Gasteiger partial charge in [-0.25, -0.2) is 8.42 Å². The number of nitrogens with one attached hydrogen (secondary N) is 1. The van der Waals surface area contributed by atoms with E-state index in [0.717, 1.165) is 5.56 Å². The molecule has 3 aromatic rings. The average Bonchev–Trinajstić information content (AvgIpc) is 2.54. The molecule has 2 aromatic carbocycles. The van der Waals surface area contributed by atoms with Crippen LogP contribution in [0.25, 0.3) is 10.9 Å². The highest BCUT2D eigenvalue weighted by Gasteiger charge is 2.23. The number of sulfonamides is 1. The van der Waals surface area contributed by atoms with Crippen molar-refractivity contribution in [1.82, 2.24) is 4.98 Å². The van der Waals surface area contributed by atoms with Crippen LogP contribution in [0.15, 0.2) is 64.3 Å². The quantitative estimate of drug-likeness (QED) is 0.792. The van der Waals surface area contributed by atoms with Gasteiger partial charge in [0, 0.05) is 18.1 Å². The molecule has 0 saturated carbocycles. The molecule has 0 aliphatic rings. The minimum Gasteiger partial charge on any atom is -0.322 e. The van der Waals surface area contributed by atoms with Gasteiger partial charge in [0.25, 0.3) is 10.0 Å². The number of fused-ring (bicyclic) bond motifs is 1. The van der Waals surface area contributed by atoms with E-state index in [4.69, 9.17) is 0 Å². The van der Waals surface area contributed by atoms with Crippen LogP contribution in [0, 0.1) is 6.92 Å². The van der Waals surface area contributed by atoms with Crippen LogP contribution < -0.4 is 9.86 Å². The molecule has 0 spiro atoms. The van der Waals surface area contributed by atoms with Crippen LogP contribution in [-0.2, 0) is 10.0 Å². The van der Waals surface area contributed by atoms with Crippen molar-refractivity contribution >= 4 is 26.6 Å². The summed E-state index contributed by atoms with van der Waals surface area (Å²) in [7, 11) is -3.68. The number of aromatic amines is 1. The third kappa shape index (κ3) is 2.92. The maximum Gasteiger partial charge on any atom is 0.264 e. The van der Waals surface area contributed by atoms with Gasteiger partial charge >= 0.3 is 0 Å². The van der Waals surface area contributed by atoms with E-state index >= 15 is 0 Å². The fraction of sp³-hybridized carbons (Fsp3) is 0.167. The standard InChI is InChI=1S/C18H18N2O3S/c1-3-20(15-6-4-5-13(2)11-15)24(22,23)16-8-9-17-14(12-16)7-10-18(21)19-17/h4-12H,3H2,1-2H3,(H,19,21). The summed E-state index contributed by atoms with van der Waals surface area (Å²) in [6.07, 6.45) is 0. The van der Waals surface area contributed by atoms with E-state index in [1.807, 2.05) is 25.1 Å². The maximum absolute atomic E-state index is 13.0. The fourth-order valence-corrected chi connectivity index (χ4v) is 4.20. The summed E-state index contributed by atoms with van der Waals surface area (Å²) in [4.78, 5) is 14.2. The monoisotopic (exact) mass is 342 g/mol. The van der Waals surface area contributed by atoms with Gasteiger partial charge in [0.05, 0.1) is 10.6 Å². The second-order valence-corrected chi connectivity index (χ2v) is 7.44. The van der Waals surface area contributed by atoms with Crippen molar-refractivity contribution in [2.24, 2.45) is 0 Å². The number of pyridine rings is 1. The summed E-state index contributed by atoms with van der Waals surface area (Å²) in [5.41, 5.74) is 2.03. The summed E-state index contributed by atoms with van der Waals surface area (Å²) in [5, 5.41) is 0.677. The van der Waals surface area contributed by atoms with E-state index in [9.17, 15) is 13.2 Å². The Hall–Kier alpha value is -2.60. The lowest BCUT2D eigenvalue weighted by Gasteiger charge is -2.23. The van der Waals surface area contributed by atoms with Crippen molar-refractivity contribution in [2.75, 3.05) is 10.8 Å². The Labute approximate surface area is 140 Å². The Balaban J connectivity index is 2.11. The first kappa shape index (κ1) is 16.3. The van der Waals surface area contributed by atoms with Crippen LogP contribution in [0.3, 0.4) is 0 Å². The van der Waals surface area contributed by atoms with Crippen LogP contribution in [0.2, 0.25) is 0 Å². The molecule has 0 amide bonds. The second-order valence-electron chi connectivity index (χ2n) is 5.58. The average molecular weight is 342 g/mol. The largest absolute Gasteiger partial charge is 0.322 e. The molecule has 6 heteroatoms. The highest BCUT2D eigenvalue weighted by atomic mass is 32.2. The Morgan fingerprint density at radius 3 is 2.54 bits per heavy atom. The molecule has 0 aliphatic heterocycles. The number of benzene rings is 2. The van der Waals surface area contributed by atoms with E-state index in [0.29, 0.717) is 23.1 Å². The van der Waals surface area contributed by atoms with Gasteiger partial charge in [-0.15, -0.1) is 0 Å². The molecule has 0 radical (unpaired) electrons. The molecule has 0 atom stereocenters. The first-order valence-electron chi connectivity index (χ1n) is 7.64. The Kier molecular flexibility index (Phi) is 4.15. The smallest absolute Gasteiger partial charge is 0.264 e. The minimum atomic E-state index is -3.68. The first-order valence-corrected chi connectivity index (χ1v) is 9.08. The predicted molar refractivity (Wildman–Crippen MR) is 96.0 cm³/mol. The number of hydrogen-bond acceptors (Lipinski definition) is 3. The molecule has 1 aromatic heterocycles. The molecule has 0 unspecified atom stereocenters. The maximum atomic E-state index is 13.0. The van der Waals surface area contributed by atoms with Gasteiger partial charge in [-0.3, -0.25) is 9.10 Å². The summed E-state index contributed by atoms with van der Waals surface area (Å²) in [6, 6.07) is 15.1. The molecule has 0 fully saturated rings. The van der Waals surface area contributed by atoms with Gasteiger partial charge in [-0.05, 0) is 61.2 Å².